The van der Waals surface area contributed by atoms with Gasteiger partial charge in [-0.1, -0.05) is 0 Å². The first-order valence-corrected chi connectivity index (χ1v) is 8.85. The fourth-order valence-electron chi connectivity index (χ4n) is 3.20. The number of aromatic amines is 1. The van der Waals surface area contributed by atoms with Gasteiger partial charge in [0.2, 0.25) is 0 Å². The number of rotatable bonds is 7. The van der Waals surface area contributed by atoms with Crippen LogP contribution in [0, 0.1) is 13.8 Å². The van der Waals surface area contributed by atoms with Crippen molar-refractivity contribution in [3.8, 4) is 0 Å². The Kier molecular flexibility index (Phi) is 5.35. The summed E-state index contributed by atoms with van der Waals surface area (Å²) in [6, 6.07) is 2.21. The molecule has 3 heterocycles. The molecular weight excluding hydrogens is 382 g/mol. The maximum absolute atomic E-state index is 12.9. The SMILES string of the molecule is CCOC(=O)c1c(C)[nH]c(C)c1C(=O)CN1C(=O)C(=O)N(Cc2ccco2)C1=O. The number of ether oxygens (including phenoxy) is 1. The van der Waals surface area contributed by atoms with Crippen molar-refractivity contribution in [1.82, 2.24) is 14.8 Å². The molecule has 0 unspecified atom stereocenters. The molecule has 29 heavy (non-hydrogen) atoms. The first-order valence-electron chi connectivity index (χ1n) is 8.85. The highest BCUT2D eigenvalue weighted by atomic mass is 16.5. The summed E-state index contributed by atoms with van der Waals surface area (Å²) in [6.07, 6.45) is 1.37. The highest BCUT2D eigenvalue weighted by molar-refractivity contribution is 6.45. The van der Waals surface area contributed by atoms with Crippen LogP contribution in [0.4, 0.5) is 4.79 Å². The van der Waals surface area contributed by atoms with Gasteiger partial charge in [0, 0.05) is 11.4 Å². The van der Waals surface area contributed by atoms with Crippen molar-refractivity contribution < 1.29 is 33.1 Å². The molecule has 1 aliphatic heterocycles. The molecule has 0 aliphatic carbocycles. The van der Waals surface area contributed by atoms with Gasteiger partial charge < -0.3 is 14.1 Å². The number of esters is 1. The number of hydrogen-bond acceptors (Lipinski definition) is 7. The van der Waals surface area contributed by atoms with Crippen LogP contribution >= 0.6 is 0 Å². The van der Waals surface area contributed by atoms with Crippen molar-refractivity contribution in [2.45, 2.75) is 27.3 Å². The van der Waals surface area contributed by atoms with Gasteiger partial charge in [0.15, 0.2) is 5.78 Å². The molecule has 3 rings (SSSR count). The molecule has 0 bridgehead atoms. The molecule has 0 saturated carbocycles. The van der Waals surface area contributed by atoms with Gasteiger partial charge in [-0.15, -0.1) is 0 Å². The number of nitrogens with zero attached hydrogens (tertiary/aromatic N) is 2. The molecule has 4 amide bonds. The van der Waals surface area contributed by atoms with Crippen molar-refractivity contribution >= 4 is 29.6 Å². The Balaban J connectivity index is 1.84. The number of carbonyl (C=O) groups excluding carboxylic acids is 5. The maximum Gasteiger partial charge on any atom is 0.340 e. The Labute approximate surface area is 165 Å². The molecule has 0 aromatic carbocycles. The Bertz CT molecular complexity index is 1000. The van der Waals surface area contributed by atoms with Crippen molar-refractivity contribution in [2.24, 2.45) is 0 Å². The average Bonchev–Trinajstić information content (AvgIpc) is 3.33. The fraction of sp³-hybridized carbons (Fsp3) is 0.316. The number of carbonyl (C=O) groups is 5. The Hall–Kier alpha value is -3.69. The van der Waals surface area contributed by atoms with Gasteiger partial charge in [-0.2, -0.15) is 0 Å². The zero-order valence-electron chi connectivity index (χ0n) is 16.1. The van der Waals surface area contributed by atoms with E-state index in [2.05, 4.69) is 4.98 Å². The molecule has 0 atom stereocenters. The number of hydrogen-bond donors (Lipinski definition) is 1. The van der Waals surface area contributed by atoms with Crippen molar-refractivity contribution in [2.75, 3.05) is 13.2 Å². The summed E-state index contributed by atoms with van der Waals surface area (Å²) in [5, 5.41) is 0. The molecule has 1 saturated heterocycles. The fourth-order valence-corrected chi connectivity index (χ4v) is 3.20. The summed E-state index contributed by atoms with van der Waals surface area (Å²) in [5.41, 5.74) is 0.901. The summed E-state index contributed by atoms with van der Waals surface area (Å²) < 4.78 is 10.1. The first kappa shape index (κ1) is 20.1. The van der Waals surface area contributed by atoms with Crippen LogP contribution < -0.4 is 0 Å². The van der Waals surface area contributed by atoms with Crippen molar-refractivity contribution in [3.63, 3.8) is 0 Å². The molecule has 0 spiro atoms. The second kappa shape index (κ2) is 7.74. The van der Waals surface area contributed by atoms with E-state index in [0.29, 0.717) is 26.9 Å². The minimum absolute atomic E-state index is 0.0264. The largest absolute Gasteiger partial charge is 0.467 e. The predicted molar refractivity (Wildman–Crippen MR) is 96.9 cm³/mol. The number of Topliss-reactive ketones (excluding diaryl/α,β-unsaturated/α-hetero) is 1. The standard InChI is InChI=1S/C19H19N3O7/c1-4-28-18(26)15-11(3)20-10(2)14(15)13(23)9-22-17(25)16(24)21(19(22)27)8-12-6-5-7-29-12/h5-7,20H,4,8-9H2,1-3H3. The lowest BCUT2D eigenvalue weighted by Crippen LogP contribution is -2.37. The first-order chi connectivity index (χ1) is 13.8. The lowest BCUT2D eigenvalue weighted by molar-refractivity contribution is -0.143. The summed E-state index contributed by atoms with van der Waals surface area (Å²) in [6.45, 7) is 4.05. The molecule has 2 aromatic heterocycles. The van der Waals surface area contributed by atoms with Crippen LogP contribution in [-0.4, -0.2) is 57.5 Å². The van der Waals surface area contributed by atoms with Crippen molar-refractivity contribution in [1.29, 1.82) is 0 Å². The van der Waals surface area contributed by atoms with E-state index in [1.54, 1.807) is 32.9 Å². The number of aryl methyl sites for hydroxylation is 2. The van der Waals surface area contributed by atoms with E-state index >= 15 is 0 Å². The van der Waals surface area contributed by atoms with E-state index in [-0.39, 0.29) is 24.3 Å². The second-order valence-electron chi connectivity index (χ2n) is 6.41. The van der Waals surface area contributed by atoms with E-state index < -0.39 is 36.1 Å². The number of furan rings is 1. The number of amides is 4. The number of aromatic nitrogens is 1. The Morgan fingerprint density at radius 1 is 1.07 bits per heavy atom. The van der Waals surface area contributed by atoms with E-state index in [0.717, 1.165) is 0 Å². The van der Waals surface area contributed by atoms with Crippen LogP contribution in [-0.2, 0) is 20.9 Å². The second-order valence-corrected chi connectivity index (χ2v) is 6.41. The molecule has 10 heteroatoms. The van der Waals surface area contributed by atoms with Crippen LogP contribution in [0.5, 0.6) is 0 Å². The summed E-state index contributed by atoms with van der Waals surface area (Å²) in [7, 11) is 0. The van der Waals surface area contributed by atoms with Gasteiger partial charge >= 0.3 is 23.8 Å². The van der Waals surface area contributed by atoms with Crippen molar-refractivity contribution in [3.05, 3.63) is 46.7 Å². The Morgan fingerprint density at radius 3 is 2.34 bits per heavy atom. The highest BCUT2D eigenvalue weighted by Gasteiger charge is 2.46. The van der Waals surface area contributed by atoms with Gasteiger partial charge in [-0.3, -0.25) is 14.4 Å². The number of H-pyrrole nitrogens is 1. The summed E-state index contributed by atoms with van der Waals surface area (Å²) >= 11 is 0. The van der Waals surface area contributed by atoms with Crippen LogP contribution in [0.2, 0.25) is 0 Å². The minimum Gasteiger partial charge on any atom is -0.467 e. The molecule has 152 valence electrons. The van der Waals surface area contributed by atoms with Gasteiger partial charge in [0.1, 0.15) is 5.76 Å². The lowest BCUT2D eigenvalue weighted by atomic mass is 10.0. The van der Waals surface area contributed by atoms with E-state index in [1.165, 1.54) is 6.26 Å². The van der Waals surface area contributed by atoms with Crippen LogP contribution in [0.1, 0.15) is 44.8 Å². The predicted octanol–water partition coefficient (Wildman–Crippen LogP) is 1.57. The van der Waals surface area contributed by atoms with E-state index in [9.17, 15) is 24.0 Å². The zero-order valence-corrected chi connectivity index (χ0v) is 16.1. The minimum atomic E-state index is -1.11. The third kappa shape index (κ3) is 3.56. The van der Waals surface area contributed by atoms with Gasteiger partial charge in [0.25, 0.3) is 0 Å². The number of ketones is 1. The molecule has 1 N–H and O–H groups in total. The van der Waals surface area contributed by atoms with Gasteiger partial charge in [0.05, 0.1) is 37.1 Å². The molecule has 1 fully saturated rings. The normalized spacial score (nSPS) is 14.1. The van der Waals surface area contributed by atoms with Gasteiger partial charge in [-0.05, 0) is 32.9 Å². The van der Waals surface area contributed by atoms with E-state index in [4.69, 9.17) is 9.15 Å². The van der Waals surface area contributed by atoms with Crippen LogP contribution in [0.25, 0.3) is 0 Å². The van der Waals surface area contributed by atoms with Gasteiger partial charge in [-0.25, -0.2) is 19.4 Å². The molecule has 2 aromatic rings. The number of urea groups is 1. The lowest BCUT2D eigenvalue weighted by Gasteiger charge is -2.14. The highest BCUT2D eigenvalue weighted by Crippen LogP contribution is 2.22. The third-order valence-electron chi connectivity index (χ3n) is 4.46. The summed E-state index contributed by atoms with van der Waals surface area (Å²) in [4.78, 5) is 66.3. The smallest absolute Gasteiger partial charge is 0.340 e. The third-order valence-corrected chi connectivity index (χ3v) is 4.46. The number of imide groups is 2. The average molecular weight is 401 g/mol. The Morgan fingerprint density at radius 2 is 1.72 bits per heavy atom. The quantitative estimate of drug-likeness (QED) is 0.323. The number of nitrogens with one attached hydrogen (secondary N) is 1. The molecule has 10 nitrogen and oxygen atoms in total. The maximum atomic E-state index is 12.9. The molecule has 1 aliphatic rings. The van der Waals surface area contributed by atoms with Crippen LogP contribution in [0.15, 0.2) is 22.8 Å². The topological polar surface area (TPSA) is 130 Å². The summed E-state index contributed by atoms with van der Waals surface area (Å²) in [5.74, 6) is -3.20. The molecule has 0 radical (unpaired) electrons. The van der Waals surface area contributed by atoms with Crippen LogP contribution in [0.3, 0.4) is 0 Å². The monoisotopic (exact) mass is 401 g/mol. The molecular formula is C19H19N3O7. The van der Waals surface area contributed by atoms with E-state index in [1.807, 2.05) is 0 Å². The zero-order chi connectivity index (χ0) is 21.3.